The van der Waals surface area contributed by atoms with Crippen molar-refractivity contribution >= 4 is 11.9 Å². The molecule has 0 bridgehead atoms. The Kier molecular flexibility index (Phi) is 7.40. The molecule has 0 amide bonds. The van der Waals surface area contributed by atoms with Crippen molar-refractivity contribution in [1.29, 1.82) is 0 Å². The molecule has 0 aromatic heterocycles. The minimum Gasteiger partial charge on any atom is -0.459 e. The zero-order chi connectivity index (χ0) is 20.8. The molecule has 158 valence electrons. The average Bonchev–Trinajstić information content (AvgIpc) is 2.71. The van der Waals surface area contributed by atoms with E-state index in [1.165, 1.54) is 12.1 Å². The molecule has 2 saturated carbocycles. The summed E-state index contributed by atoms with van der Waals surface area (Å²) >= 11 is 0. The Hall–Kier alpha value is -2.24. The topological polar surface area (TPSA) is 52.6 Å². The molecule has 0 spiro atoms. The summed E-state index contributed by atoms with van der Waals surface area (Å²) in [5.41, 5.74) is 0. The molecule has 2 aliphatic rings. The first-order chi connectivity index (χ1) is 14.0. The number of esters is 2. The molecule has 0 unspecified atom stereocenters. The van der Waals surface area contributed by atoms with Crippen molar-refractivity contribution in [3.8, 4) is 5.75 Å². The Morgan fingerprint density at radius 3 is 2.14 bits per heavy atom. The lowest BCUT2D eigenvalue weighted by atomic mass is 9.70. The summed E-state index contributed by atoms with van der Waals surface area (Å²) < 4.78 is 36.9. The van der Waals surface area contributed by atoms with E-state index in [4.69, 9.17) is 9.47 Å². The second-order valence-electron chi connectivity index (χ2n) is 8.08. The van der Waals surface area contributed by atoms with Gasteiger partial charge >= 0.3 is 11.9 Å². The Bertz CT molecular complexity index is 745. The maximum atomic E-state index is 13.3. The minimum atomic E-state index is -1.02. The van der Waals surface area contributed by atoms with Crippen molar-refractivity contribution in [3.63, 3.8) is 0 Å². The van der Waals surface area contributed by atoms with Gasteiger partial charge in [0.1, 0.15) is 11.9 Å². The number of rotatable bonds is 5. The molecule has 1 aromatic rings. The summed E-state index contributed by atoms with van der Waals surface area (Å²) in [6.45, 7) is 1.79. The van der Waals surface area contributed by atoms with Gasteiger partial charge in [-0.3, -0.25) is 4.79 Å². The molecule has 3 rings (SSSR count). The fourth-order valence-electron chi connectivity index (χ4n) is 4.58. The van der Waals surface area contributed by atoms with E-state index >= 15 is 0 Å². The van der Waals surface area contributed by atoms with E-state index in [-0.39, 0.29) is 29.7 Å². The van der Waals surface area contributed by atoms with Crippen LogP contribution in [0.15, 0.2) is 30.4 Å². The quantitative estimate of drug-likeness (QED) is 0.376. The van der Waals surface area contributed by atoms with Crippen LogP contribution in [0, 0.1) is 29.4 Å². The van der Waals surface area contributed by atoms with Crippen molar-refractivity contribution < 1.29 is 27.8 Å². The fraction of sp³-hybridized carbons (Fsp3) is 0.565. The van der Waals surface area contributed by atoms with Crippen molar-refractivity contribution in [3.05, 3.63) is 42.0 Å². The molecule has 29 heavy (non-hydrogen) atoms. The van der Waals surface area contributed by atoms with E-state index in [1.54, 1.807) is 13.0 Å². The van der Waals surface area contributed by atoms with Crippen LogP contribution in [-0.4, -0.2) is 18.0 Å². The number of allylic oxidation sites excluding steroid dienone is 1. The van der Waals surface area contributed by atoms with E-state index in [1.807, 2.05) is 0 Å². The Balaban J connectivity index is 1.42. The molecule has 4 nitrogen and oxygen atoms in total. The number of halogens is 2. The maximum Gasteiger partial charge on any atom is 0.330 e. The Morgan fingerprint density at radius 2 is 1.55 bits per heavy atom. The molecule has 0 radical (unpaired) electrons. The van der Waals surface area contributed by atoms with E-state index < -0.39 is 11.6 Å². The maximum absolute atomic E-state index is 13.3. The van der Waals surface area contributed by atoms with Gasteiger partial charge < -0.3 is 9.47 Å². The smallest absolute Gasteiger partial charge is 0.330 e. The van der Waals surface area contributed by atoms with E-state index in [2.05, 4.69) is 0 Å². The fourth-order valence-corrected chi connectivity index (χ4v) is 4.58. The molecule has 0 atom stereocenters. The molecular formula is C23H28F2O4. The van der Waals surface area contributed by atoms with Crippen molar-refractivity contribution in [2.45, 2.75) is 64.4 Å². The van der Waals surface area contributed by atoms with E-state index in [0.717, 1.165) is 63.5 Å². The first-order valence-electron chi connectivity index (χ1n) is 10.5. The molecule has 0 saturated heterocycles. The van der Waals surface area contributed by atoms with Crippen LogP contribution in [0.25, 0.3) is 0 Å². The SMILES string of the molecule is C/C=C/C(=O)OC1CCC(C2CCC(C(=O)Oc3ccc(F)c(F)c3)CC2)CC1. The largest absolute Gasteiger partial charge is 0.459 e. The van der Waals surface area contributed by atoms with Crippen LogP contribution in [-0.2, 0) is 14.3 Å². The molecule has 2 fully saturated rings. The molecule has 1 aromatic carbocycles. The molecule has 2 aliphatic carbocycles. The van der Waals surface area contributed by atoms with Crippen molar-refractivity contribution in [2.24, 2.45) is 17.8 Å². The first-order valence-corrected chi connectivity index (χ1v) is 10.5. The van der Waals surface area contributed by atoms with Crippen LogP contribution in [0.4, 0.5) is 8.78 Å². The predicted octanol–water partition coefficient (Wildman–Crippen LogP) is 5.35. The second-order valence-corrected chi connectivity index (χ2v) is 8.08. The summed E-state index contributed by atoms with van der Waals surface area (Å²) in [5, 5.41) is 0. The second kappa shape index (κ2) is 9.99. The number of hydrogen-bond acceptors (Lipinski definition) is 4. The van der Waals surface area contributed by atoms with Gasteiger partial charge in [-0.15, -0.1) is 0 Å². The van der Waals surface area contributed by atoms with Gasteiger partial charge in [0.15, 0.2) is 11.6 Å². The predicted molar refractivity (Wildman–Crippen MR) is 104 cm³/mol. The first kappa shape index (κ1) is 21.5. The Morgan fingerprint density at radius 1 is 0.931 bits per heavy atom. The van der Waals surface area contributed by atoms with Gasteiger partial charge in [-0.1, -0.05) is 6.08 Å². The third kappa shape index (κ3) is 5.87. The number of benzene rings is 1. The van der Waals surface area contributed by atoms with Gasteiger partial charge in [0.25, 0.3) is 0 Å². The standard InChI is InChI=1S/C23H28F2O4/c1-2-3-22(26)28-18-10-8-16(9-11-18)15-4-6-17(7-5-15)23(27)29-19-12-13-20(24)21(25)14-19/h2-3,12-18H,4-11H2,1H3/b3-2+. The third-order valence-electron chi connectivity index (χ3n) is 6.19. The molecule has 0 heterocycles. The normalized spacial score (nSPS) is 27.6. The van der Waals surface area contributed by atoms with Crippen LogP contribution >= 0.6 is 0 Å². The van der Waals surface area contributed by atoms with Crippen LogP contribution in [0.2, 0.25) is 0 Å². The zero-order valence-electron chi connectivity index (χ0n) is 16.7. The highest BCUT2D eigenvalue weighted by atomic mass is 19.2. The third-order valence-corrected chi connectivity index (χ3v) is 6.19. The van der Waals surface area contributed by atoms with Gasteiger partial charge in [0, 0.05) is 12.1 Å². The van der Waals surface area contributed by atoms with Crippen LogP contribution in [0.5, 0.6) is 5.75 Å². The summed E-state index contributed by atoms with van der Waals surface area (Å²) in [7, 11) is 0. The van der Waals surface area contributed by atoms with E-state index in [9.17, 15) is 18.4 Å². The van der Waals surface area contributed by atoms with Crippen LogP contribution in [0.3, 0.4) is 0 Å². The number of hydrogen-bond donors (Lipinski definition) is 0. The molecule has 0 aliphatic heterocycles. The highest BCUT2D eigenvalue weighted by Crippen LogP contribution is 2.41. The molecule has 0 N–H and O–H groups in total. The van der Waals surface area contributed by atoms with Crippen LogP contribution in [0.1, 0.15) is 58.3 Å². The lowest BCUT2D eigenvalue weighted by Crippen LogP contribution is -2.31. The highest BCUT2D eigenvalue weighted by Gasteiger charge is 2.34. The minimum absolute atomic E-state index is 0.0115. The number of carbonyl (C=O) groups excluding carboxylic acids is 2. The highest BCUT2D eigenvalue weighted by molar-refractivity contribution is 5.81. The van der Waals surface area contributed by atoms with Gasteiger partial charge in [0.05, 0.1) is 5.92 Å². The van der Waals surface area contributed by atoms with Gasteiger partial charge in [-0.05, 0) is 82.3 Å². The zero-order valence-corrected chi connectivity index (χ0v) is 16.7. The Labute approximate surface area is 170 Å². The van der Waals surface area contributed by atoms with Crippen molar-refractivity contribution in [2.75, 3.05) is 0 Å². The summed E-state index contributed by atoms with van der Waals surface area (Å²) in [6.07, 6.45) is 10.5. The molecular weight excluding hydrogens is 378 g/mol. The van der Waals surface area contributed by atoms with Crippen molar-refractivity contribution in [1.82, 2.24) is 0 Å². The average molecular weight is 406 g/mol. The summed E-state index contributed by atoms with van der Waals surface area (Å²) in [6, 6.07) is 3.13. The lowest BCUT2D eigenvalue weighted by Gasteiger charge is -2.37. The monoisotopic (exact) mass is 406 g/mol. The summed E-state index contributed by atoms with van der Waals surface area (Å²) in [4.78, 5) is 23.9. The number of carbonyl (C=O) groups is 2. The lowest BCUT2D eigenvalue weighted by molar-refractivity contribution is -0.145. The summed E-state index contributed by atoms with van der Waals surface area (Å²) in [5.74, 6) is -1.59. The van der Waals surface area contributed by atoms with E-state index in [0.29, 0.717) is 11.8 Å². The van der Waals surface area contributed by atoms with Gasteiger partial charge in [-0.2, -0.15) is 0 Å². The van der Waals surface area contributed by atoms with Gasteiger partial charge in [-0.25, -0.2) is 13.6 Å². The molecule has 6 heteroatoms. The number of ether oxygens (including phenoxy) is 2. The van der Waals surface area contributed by atoms with Crippen LogP contribution < -0.4 is 4.74 Å². The van der Waals surface area contributed by atoms with Gasteiger partial charge in [0.2, 0.25) is 0 Å².